The van der Waals surface area contributed by atoms with Crippen molar-refractivity contribution in [3.05, 3.63) is 65.2 Å². The largest absolute Gasteiger partial charge is 0.482 e. The van der Waals surface area contributed by atoms with Crippen LogP contribution < -0.4 is 4.74 Å². The Kier molecular flexibility index (Phi) is 6.09. The number of carbonyl (C=O) groups is 3. The monoisotopic (exact) mass is 381 g/mol. The second kappa shape index (κ2) is 8.69. The second-order valence-corrected chi connectivity index (χ2v) is 6.78. The molecule has 146 valence electrons. The Balaban J connectivity index is 1.48. The minimum Gasteiger partial charge on any atom is -0.482 e. The summed E-state index contributed by atoms with van der Waals surface area (Å²) in [5, 5.41) is 0. The van der Waals surface area contributed by atoms with Gasteiger partial charge in [0.2, 0.25) is 0 Å². The first-order chi connectivity index (χ1) is 13.4. The first-order valence-electron chi connectivity index (χ1n) is 9.23. The van der Waals surface area contributed by atoms with Gasteiger partial charge in [-0.2, -0.15) is 0 Å². The van der Waals surface area contributed by atoms with Crippen LogP contribution in [0.4, 0.5) is 0 Å². The maximum Gasteiger partial charge on any atom is 0.344 e. The summed E-state index contributed by atoms with van der Waals surface area (Å²) in [6.07, 6.45) is -0.0801. The van der Waals surface area contributed by atoms with E-state index in [4.69, 9.17) is 9.47 Å². The van der Waals surface area contributed by atoms with Crippen LogP contribution in [0.1, 0.15) is 35.3 Å². The smallest absolute Gasteiger partial charge is 0.344 e. The zero-order chi connectivity index (χ0) is 20.1. The summed E-state index contributed by atoms with van der Waals surface area (Å²) >= 11 is 0. The van der Waals surface area contributed by atoms with Gasteiger partial charge in [-0.1, -0.05) is 24.3 Å². The van der Waals surface area contributed by atoms with Gasteiger partial charge >= 0.3 is 5.97 Å². The van der Waals surface area contributed by atoms with Crippen LogP contribution in [0.2, 0.25) is 0 Å². The number of amides is 1. The number of nitrogens with zero attached hydrogens (tertiary/aromatic N) is 1. The molecule has 0 aliphatic carbocycles. The Bertz CT molecular complexity index is 875. The topological polar surface area (TPSA) is 72.9 Å². The standard InChI is InChI=1S/C22H23NO5/c1-15(24)17-7-9-20(10-8-17)27-14-21(25)28-16(2)22(26)23-12-11-18-5-3-4-6-19(18)13-23/h3-10,16H,11-14H2,1-2H3/t16-/m1/s1. The zero-order valence-corrected chi connectivity index (χ0v) is 16.0. The van der Waals surface area contributed by atoms with Crippen molar-refractivity contribution in [1.29, 1.82) is 0 Å². The third-order valence-electron chi connectivity index (χ3n) is 4.72. The number of benzene rings is 2. The van der Waals surface area contributed by atoms with E-state index in [0.29, 0.717) is 24.4 Å². The maximum absolute atomic E-state index is 12.6. The molecule has 1 aliphatic rings. The average Bonchev–Trinajstić information content (AvgIpc) is 2.71. The number of esters is 1. The van der Waals surface area contributed by atoms with Crippen LogP contribution in [0.3, 0.4) is 0 Å². The maximum atomic E-state index is 12.6. The number of ether oxygens (including phenoxy) is 2. The molecule has 6 nitrogen and oxygen atoms in total. The van der Waals surface area contributed by atoms with Gasteiger partial charge in [0.05, 0.1) is 0 Å². The molecule has 1 amide bonds. The predicted octanol–water partition coefficient (Wildman–Crippen LogP) is 2.78. The van der Waals surface area contributed by atoms with Gasteiger partial charge in [-0.05, 0) is 55.7 Å². The summed E-state index contributed by atoms with van der Waals surface area (Å²) in [5.41, 5.74) is 2.94. The summed E-state index contributed by atoms with van der Waals surface area (Å²) in [6.45, 7) is 3.88. The number of carbonyl (C=O) groups excluding carboxylic acids is 3. The molecule has 0 fully saturated rings. The van der Waals surface area contributed by atoms with Gasteiger partial charge in [-0.3, -0.25) is 9.59 Å². The van der Waals surface area contributed by atoms with E-state index in [1.807, 2.05) is 18.2 Å². The molecule has 1 heterocycles. The van der Waals surface area contributed by atoms with Crippen LogP contribution in [-0.4, -0.2) is 41.8 Å². The molecule has 0 N–H and O–H groups in total. The van der Waals surface area contributed by atoms with Crippen LogP contribution in [0.15, 0.2) is 48.5 Å². The summed E-state index contributed by atoms with van der Waals surface area (Å²) in [4.78, 5) is 37.6. The van der Waals surface area contributed by atoms with E-state index in [0.717, 1.165) is 12.0 Å². The van der Waals surface area contributed by atoms with Crippen LogP contribution in [0.25, 0.3) is 0 Å². The van der Waals surface area contributed by atoms with E-state index in [2.05, 4.69) is 6.07 Å². The molecule has 1 atom stereocenters. The summed E-state index contributed by atoms with van der Waals surface area (Å²) in [7, 11) is 0. The highest BCUT2D eigenvalue weighted by Crippen LogP contribution is 2.19. The molecule has 0 spiro atoms. The minimum atomic E-state index is -0.874. The highest BCUT2D eigenvalue weighted by atomic mass is 16.6. The molecule has 2 aromatic rings. The van der Waals surface area contributed by atoms with Crippen LogP contribution >= 0.6 is 0 Å². The Hall–Kier alpha value is -3.15. The molecule has 6 heteroatoms. The fourth-order valence-electron chi connectivity index (χ4n) is 3.15. The van der Waals surface area contributed by atoms with Gasteiger partial charge in [-0.15, -0.1) is 0 Å². The number of fused-ring (bicyclic) bond motifs is 1. The van der Waals surface area contributed by atoms with Crippen molar-refractivity contribution in [2.75, 3.05) is 13.2 Å². The quantitative estimate of drug-likeness (QED) is 0.568. The molecule has 0 saturated carbocycles. The summed E-state index contributed by atoms with van der Waals surface area (Å²) in [6, 6.07) is 14.5. The third-order valence-corrected chi connectivity index (χ3v) is 4.72. The molecule has 1 aliphatic heterocycles. The Morgan fingerprint density at radius 3 is 2.39 bits per heavy atom. The van der Waals surface area contributed by atoms with Gasteiger partial charge in [0.1, 0.15) is 5.75 Å². The van der Waals surface area contributed by atoms with Crippen molar-refractivity contribution in [1.82, 2.24) is 4.90 Å². The molecule has 0 unspecified atom stereocenters. The molecular weight excluding hydrogens is 358 g/mol. The molecule has 0 aromatic heterocycles. The lowest BCUT2D eigenvalue weighted by Crippen LogP contribution is -2.43. The number of ketones is 1. The number of hydrogen-bond acceptors (Lipinski definition) is 5. The van der Waals surface area contributed by atoms with E-state index in [9.17, 15) is 14.4 Å². The van der Waals surface area contributed by atoms with E-state index in [1.165, 1.54) is 12.5 Å². The lowest BCUT2D eigenvalue weighted by Gasteiger charge is -2.30. The van der Waals surface area contributed by atoms with Gasteiger partial charge in [0.25, 0.3) is 5.91 Å². The van der Waals surface area contributed by atoms with Crippen LogP contribution in [0.5, 0.6) is 5.75 Å². The first kappa shape index (κ1) is 19.6. The molecule has 2 aromatic carbocycles. The molecule has 0 saturated heterocycles. The fraction of sp³-hybridized carbons (Fsp3) is 0.318. The second-order valence-electron chi connectivity index (χ2n) is 6.78. The Morgan fingerprint density at radius 2 is 1.71 bits per heavy atom. The number of rotatable bonds is 6. The van der Waals surface area contributed by atoms with E-state index >= 15 is 0 Å². The Labute approximate surface area is 164 Å². The van der Waals surface area contributed by atoms with Crippen molar-refractivity contribution >= 4 is 17.7 Å². The average molecular weight is 381 g/mol. The van der Waals surface area contributed by atoms with Crippen molar-refractivity contribution < 1.29 is 23.9 Å². The zero-order valence-electron chi connectivity index (χ0n) is 16.0. The van der Waals surface area contributed by atoms with Crippen molar-refractivity contribution in [2.24, 2.45) is 0 Å². The highest BCUT2D eigenvalue weighted by Gasteiger charge is 2.27. The van der Waals surface area contributed by atoms with Crippen LogP contribution in [0, 0.1) is 0 Å². The van der Waals surface area contributed by atoms with E-state index in [1.54, 1.807) is 36.1 Å². The molecule has 0 bridgehead atoms. The minimum absolute atomic E-state index is 0.0429. The van der Waals surface area contributed by atoms with Crippen LogP contribution in [-0.2, 0) is 27.3 Å². The van der Waals surface area contributed by atoms with Gasteiger partial charge < -0.3 is 14.4 Å². The van der Waals surface area contributed by atoms with Crippen molar-refractivity contribution in [3.8, 4) is 5.75 Å². The SMILES string of the molecule is CC(=O)c1ccc(OCC(=O)O[C@H](C)C(=O)N2CCc3ccccc3C2)cc1. The molecule has 28 heavy (non-hydrogen) atoms. The number of Topliss-reactive ketones (excluding diaryl/α,β-unsaturated/α-hetero) is 1. The fourth-order valence-corrected chi connectivity index (χ4v) is 3.15. The summed E-state index contributed by atoms with van der Waals surface area (Å²) < 4.78 is 10.6. The lowest BCUT2D eigenvalue weighted by molar-refractivity contribution is -0.161. The summed E-state index contributed by atoms with van der Waals surface area (Å²) in [5.74, 6) is -0.422. The lowest BCUT2D eigenvalue weighted by atomic mass is 9.99. The third kappa shape index (κ3) is 4.76. The number of hydrogen-bond donors (Lipinski definition) is 0. The van der Waals surface area contributed by atoms with Crippen molar-refractivity contribution in [2.45, 2.75) is 32.9 Å². The van der Waals surface area contributed by atoms with Gasteiger partial charge in [0.15, 0.2) is 18.5 Å². The van der Waals surface area contributed by atoms with Crippen molar-refractivity contribution in [3.63, 3.8) is 0 Å². The molecular formula is C22H23NO5. The Morgan fingerprint density at radius 1 is 1.04 bits per heavy atom. The van der Waals surface area contributed by atoms with E-state index in [-0.39, 0.29) is 18.3 Å². The molecule has 3 rings (SSSR count). The predicted molar refractivity (Wildman–Crippen MR) is 103 cm³/mol. The first-order valence-corrected chi connectivity index (χ1v) is 9.23. The molecule has 0 radical (unpaired) electrons. The van der Waals surface area contributed by atoms with Gasteiger partial charge in [0, 0.05) is 18.7 Å². The highest BCUT2D eigenvalue weighted by molar-refractivity contribution is 5.94. The van der Waals surface area contributed by atoms with Gasteiger partial charge in [-0.25, -0.2) is 4.79 Å². The van der Waals surface area contributed by atoms with E-state index < -0.39 is 12.1 Å². The normalized spacial score (nSPS) is 14.0.